The Bertz CT molecular complexity index is 426. The number of carboxylic acid groups (broad SMARTS) is 1. The fourth-order valence-electron chi connectivity index (χ4n) is 1.11. The van der Waals surface area contributed by atoms with Crippen molar-refractivity contribution in [3.8, 4) is 11.5 Å². The van der Waals surface area contributed by atoms with Crippen LogP contribution in [0, 0.1) is 6.92 Å². The third-order valence-corrected chi connectivity index (χ3v) is 2.29. The molecule has 15 heavy (non-hydrogen) atoms. The number of benzene rings is 1. The lowest BCUT2D eigenvalue weighted by Crippen LogP contribution is -2.14. The first-order chi connectivity index (χ1) is 6.86. The van der Waals surface area contributed by atoms with Crippen molar-refractivity contribution in [3.63, 3.8) is 0 Å². The quantitative estimate of drug-likeness (QED) is 0.405. The summed E-state index contributed by atoms with van der Waals surface area (Å²) in [6.45, 7) is 1.37. The normalized spacial score (nSPS) is 10.0. The van der Waals surface area contributed by atoms with Gasteiger partial charge in [-0.1, -0.05) is 11.6 Å². The van der Waals surface area contributed by atoms with Crippen LogP contribution in [0.3, 0.4) is 0 Å². The van der Waals surface area contributed by atoms with Crippen molar-refractivity contribution in [1.29, 1.82) is 0 Å². The molecule has 80 valence electrons. The van der Waals surface area contributed by atoms with Gasteiger partial charge >= 0.3 is 5.97 Å². The van der Waals surface area contributed by atoms with Gasteiger partial charge in [0.15, 0.2) is 11.5 Å². The van der Waals surface area contributed by atoms with E-state index in [0.717, 1.165) is 6.07 Å². The number of carboxylic acids is 1. The number of carbonyl (C=O) groups is 2. The van der Waals surface area contributed by atoms with Gasteiger partial charge in [-0.2, -0.15) is 0 Å². The van der Waals surface area contributed by atoms with Gasteiger partial charge in [0.05, 0.1) is 5.56 Å². The molecule has 0 fully saturated rings. The number of rotatable bonds is 2. The summed E-state index contributed by atoms with van der Waals surface area (Å²) in [4.78, 5) is 21.6. The van der Waals surface area contributed by atoms with E-state index >= 15 is 0 Å². The van der Waals surface area contributed by atoms with Crippen LogP contribution >= 0.6 is 11.6 Å². The monoisotopic (exact) mass is 230 g/mol. The molecule has 1 rings (SSSR count). The molecule has 0 saturated carbocycles. The second kappa shape index (κ2) is 3.78. The van der Waals surface area contributed by atoms with Crippen LogP contribution in [-0.2, 0) is 4.79 Å². The first-order valence-corrected chi connectivity index (χ1v) is 4.22. The number of halogens is 1. The van der Waals surface area contributed by atoms with E-state index in [4.69, 9.17) is 21.8 Å². The Morgan fingerprint density at radius 1 is 1.33 bits per heavy atom. The van der Waals surface area contributed by atoms with Gasteiger partial charge in [-0.05, 0) is 12.5 Å². The number of carbonyl (C=O) groups excluding carboxylic acids is 1. The van der Waals surface area contributed by atoms with Gasteiger partial charge in [0.1, 0.15) is 0 Å². The average Bonchev–Trinajstić information content (AvgIpc) is 2.15. The van der Waals surface area contributed by atoms with E-state index in [-0.39, 0.29) is 10.6 Å². The molecule has 0 saturated heterocycles. The highest BCUT2D eigenvalue weighted by Gasteiger charge is 2.24. The van der Waals surface area contributed by atoms with Crippen LogP contribution in [0.4, 0.5) is 0 Å². The molecule has 5 nitrogen and oxygen atoms in total. The Balaban J connectivity index is 3.53. The predicted molar refractivity (Wildman–Crippen MR) is 51.5 cm³/mol. The van der Waals surface area contributed by atoms with Crippen molar-refractivity contribution >= 4 is 23.4 Å². The van der Waals surface area contributed by atoms with Gasteiger partial charge in [0, 0.05) is 11.1 Å². The minimum absolute atomic E-state index is 0.00917. The molecule has 1 aromatic rings. The van der Waals surface area contributed by atoms with Crippen LogP contribution in [0.1, 0.15) is 15.9 Å². The number of ketones is 1. The lowest BCUT2D eigenvalue weighted by Gasteiger charge is -2.08. The van der Waals surface area contributed by atoms with Crippen LogP contribution in [-0.4, -0.2) is 27.1 Å². The molecule has 0 aliphatic carbocycles. The molecule has 6 heteroatoms. The summed E-state index contributed by atoms with van der Waals surface area (Å²) >= 11 is 5.62. The van der Waals surface area contributed by atoms with E-state index in [1.54, 1.807) is 0 Å². The van der Waals surface area contributed by atoms with Gasteiger partial charge in [0.25, 0.3) is 5.78 Å². The molecule has 3 N–H and O–H groups in total. The molecule has 1 aromatic carbocycles. The maximum absolute atomic E-state index is 11.2. The van der Waals surface area contributed by atoms with E-state index in [1.807, 2.05) is 0 Å². The van der Waals surface area contributed by atoms with Crippen LogP contribution in [0.5, 0.6) is 11.5 Å². The van der Waals surface area contributed by atoms with Gasteiger partial charge in [-0.15, -0.1) is 0 Å². The highest BCUT2D eigenvalue weighted by molar-refractivity contribution is 6.42. The van der Waals surface area contributed by atoms with Crippen molar-refractivity contribution < 1.29 is 24.9 Å². The Hall–Kier alpha value is -1.75. The van der Waals surface area contributed by atoms with E-state index in [2.05, 4.69) is 0 Å². The molecular weight excluding hydrogens is 224 g/mol. The van der Waals surface area contributed by atoms with Gasteiger partial charge < -0.3 is 15.3 Å². The second-order valence-corrected chi connectivity index (χ2v) is 3.27. The van der Waals surface area contributed by atoms with Crippen LogP contribution in [0.2, 0.25) is 5.02 Å². The minimum atomic E-state index is -1.73. The van der Waals surface area contributed by atoms with Crippen molar-refractivity contribution in [2.45, 2.75) is 6.92 Å². The third-order valence-electron chi connectivity index (χ3n) is 1.90. The lowest BCUT2D eigenvalue weighted by atomic mass is 10.0. The largest absolute Gasteiger partial charge is 0.504 e. The van der Waals surface area contributed by atoms with Crippen LogP contribution in [0.15, 0.2) is 6.07 Å². The van der Waals surface area contributed by atoms with Gasteiger partial charge in [-0.3, -0.25) is 4.79 Å². The highest BCUT2D eigenvalue weighted by Crippen LogP contribution is 2.36. The van der Waals surface area contributed by atoms with Crippen molar-refractivity contribution in [2.75, 3.05) is 0 Å². The Morgan fingerprint density at radius 2 is 1.87 bits per heavy atom. The number of Topliss-reactive ketones (excluding diaryl/α,β-unsaturated/α-hetero) is 1. The average molecular weight is 231 g/mol. The molecule has 0 heterocycles. The Kier molecular flexibility index (Phi) is 2.85. The van der Waals surface area contributed by atoms with E-state index in [9.17, 15) is 14.7 Å². The molecule has 0 amide bonds. The molecule has 0 unspecified atom stereocenters. The number of phenolic OH excluding ortho intramolecular Hbond substituents is 2. The fourth-order valence-corrected chi connectivity index (χ4v) is 1.30. The molecule has 0 radical (unpaired) electrons. The SMILES string of the molecule is Cc1c(Cl)cc(O)c(O)c1C(=O)C(=O)O. The van der Waals surface area contributed by atoms with Crippen LogP contribution in [0.25, 0.3) is 0 Å². The van der Waals surface area contributed by atoms with E-state index < -0.39 is 28.8 Å². The molecule has 0 aliphatic heterocycles. The summed E-state index contributed by atoms with van der Waals surface area (Å²) in [6.07, 6.45) is 0. The third kappa shape index (κ3) is 1.87. The summed E-state index contributed by atoms with van der Waals surface area (Å²) in [5.74, 6) is -4.45. The van der Waals surface area contributed by atoms with Gasteiger partial charge in [0.2, 0.25) is 0 Å². The zero-order valence-corrected chi connectivity index (χ0v) is 8.37. The molecule has 0 aliphatic rings. The molecule has 0 bridgehead atoms. The smallest absolute Gasteiger partial charge is 0.377 e. The number of hydrogen-bond donors (Lipinski definition) is 3. The summed E-state index contributed by atoms with van der Waals surface area (Å²) in [5, 5.41) is 27.0. The number of aliphatic carboxylic acids is 1. The summed E-state index contributed by atoms with van der Waals surface area (Å²) in [6, 6.07) is 1.03. The minimum Gasteiger partial charge on any atom is -0.504 e. The Morgan fingerprint density at radius 3 is 2.33 bits per heavy atom. The molecular formula is C9H7ClO5. The molecule has 0 aromatic heterocycles. The fraction of sp³-hybridized carbons (Fsp3) is 0.111. The van der Waals surface area contributed by atoms with Crippen molar-refractivity contribution in [1.82, 2.24) is 0 Å². The highest BCUT2D eigenvalue weighted by atomic mass is 35.5. The van der Waals surface area contributed by atoms with Crippen molar-refractivity contribution in [2.24, 2.45) is 0 Å². The van der Waals surface area contributed by atoms with Crippen molar-refractivity contribution in [3.05, 3.63) is 22.2 Å². The number of phenols is 2. The van der Waals surface area contributed by atoms with Crippen LogP contribution < -0.4 is 0 Å². The summed E-state index contributed by atoms with van der Waals surface area (Å²) in [7, 11) is 0. The number of hydrogen-bond acceptors (Lipinski definition) is 4. The lowest BCUT2D eigenvalue weighted by molar-refractivity contribution is -0.131. The first kappa shape index (κ1) is 11.3. The summed E-state index contributed by atoms with van der Waals surface area (Å²) < 4.78 is 0. The maximum atomic E-state index is 11.2. The Labute approximate surface area is 89.5 Å². The maximum Gasteiger partial charge on any atom is 0.377 e. The zero-order valence-electron chi connectivity index (χ0n) is 7.61. The molecule has 0 atom stereocenters. The van der Waals surface area contributed by atoms with E-state index in [0.29, 0.717) is 0 Å². The zero-order chi connectivity index (χ0) is 11.7. The second-order valence-electron chi connectivity index (χ2n) is 2.86. The van der Waals surface area contributed by atoms with E-state index in [1.165, 1.54) is 6.92 Å². The summed E-state index contributed by atoms with van der Waals surface area (Å²) in [5.41, 5.74) is -0.383. The molecule has 0 spiro atoms. The number of aromatic hydroxyl groups is 2. The standard InChI is InChI=1S/C9H7ClO5/c1-3-4(10)2-5(11)7(12)6(3)8(13)9(14)15/h2,11-12H,1H3,(H,14,15). The topological polar surface area (TPSA) is 94.8 Å². The predicted octanol–water partition coefficient (Wildman–Crippen LogP) is 1.33. The van der Waals surface area contributed by atoms with Gasteiger partial charge in [-0.25, -0.2) is 4.79 Å². The first-order valence-electron chi connectivity index (χ1n) is 3.85.